The van der Waals surface area contributed by atoms with Crippen molar-refractivity contribution < 1.29 is 14.2 Å². The number of allylic oxidation sites excluding steroid dienone is 1. The van der Waals surface area contributed by atoms with E-state index in [0.29, 0.717) is 0 Å². The fraction of sp³-hybridized carbons (Fsp3) is 0.556. The van der Waals surface area contributed by atoms with Crippen LogP contribution in [0.1, 0.15) is 44.6 Å². The monoisotopic (exact) mass is 288 g/mol. The van der Waals surface area contributed by atoms with Gasteiger partial charge < -0.3 is 14.2 Å². The van der Waals surface area contributed by atoms with Crippen LogP contribution >= 0.6 is 0 Å². The predicted octanol–water partition coefficient (Wildman–Crippen LogP) is 4.18. The molecule has 2 aliphatic rings. The first-order chi connectivity index (χ1) is 10.3. The second kappa shape index (κ2) is 6.63. The van der Waals surface area contributed by atoms with Crippen molar-refractivity contribution in [2.45, 2.75) is 44.8 Å². The molecule has 1 aromatic rings. The van der Waals surface area contributed by atoms with Crippen molar-refractivity contribution in [2.75, 3.05) is 19.8 Å². The van der Waals surface area contributed by atoms with Gasteiger partial charge in [0.05, 0.1) is 19.8 Å². The molecular formula is C18H24O3. The molecule has 1 saturated heterocycles. The van der Waals surface area contributed by atoms with Crippen LogP contribution in [0.15, 0.2) is 30.3 Å². The Bertz CT molecular complexity index is 501. The molecule has 3 nitrogen and oxygen atoms in total. The number of ether oxygens (including phenoxy) is 3. The fourth-order valence-electron chi connectivity index (χ4n) is 2.95. The molecule has 114 valence electrons. The van der Waals surface area contributed by atoms with Gasteiger partial charge in [-0.05, 0) is 36.1 Å². The Hall–Kier alpha value is -1.32. The van der Waals surface area contributed by atoms with E-state index in [1.165, 1.54) is 11.1 Å². The molecule has 0 amide bonds. The van der Waals surface area contributed by atoms with E-state index in [-0.39, 0.29) is 5.79 Å². The van der Waals surface area contributed by atoms with Crippen LogP contribution in [-0.2, 0) is 9.47 Å². The molecule has 3 rings (SSSR count). The molecule has 0 radical (unpaired) electrons. The lowest BCUT2D eigenvalue weighted by atomic mass is 9.90. The summed E-state index contributed by atoms with van der Waals surface area (Å²) in [6.07, 6.45) is 7.32. The van der Waals surface area contributed by atoms with Crippen molar-refractivity contribution in [3.8, 4) is 5.75 Å². The zero-order valence-corrected chi connectivity index (χ0v) is 12.8. The third kappa shape index (κ3) is 3.47. The van der Waals surface area contributed by atoms with E-state index in [4.69, 9.17) is 14.2 Å². The summed E-state index contributed by atoms with van der Waals surface area (Å²) >= 11 is 0. The van der Waals surface area contributed by atoms with Gasteiger partial charge in [0.15, 0.2) is 5.79 Å². The Labute approximate surface area is 126 Å². The van der Waals surface area contributed by atoms with Crippen LogP contribution in [0.25, 0.3) is 5.57 Å². The average molecular weight is 288 g/mol. The molecule has 21 heavy (non-hydrogen) atoms. The highest BCUT2D eigenvalue weighted by Gasteiger charge is 2.37. The highest BCUT2D eigenvalue weighted by molar-refractivity contribution is 5.67. The molecule has 0 N–H and O–H groups in total. The molecule has 1 aliphatic heterocycles. The summed E-state index contributed by atoms with van der Waals surface area (Å²) in [6, 6.07) is 8.42. The summed E-state index contributed by atoms with van der Waals surface area (Å²) in [5.41, 5.74) is 2.64. The van der Waals surface area contributed by atoms with Gasteiger partial charge in [-0.15, -0.1) is 0 Å². The lowest BCUT2D eigenvalue weighted by molar-refractivity contribution is -0.159. The first-order valence-corrected chi connectivity index (χ1v) is 8.01. The lowest BCUT2D eigenvalue weighted by Gasteiger charge is -2.30. The highest BCUT2D eigenvalue weighted by atomic mass is 16.7. The van der Waals surface area contributed by atoms with Gasteiger partial charge >= 0.3 is 0 Å². The van der Waals surface area contributed by atoms with Gasteiger partial charge in [0.2, 0.25) is 0 Å². The van der Waals surface area contributed by atoms with Crippen LogP contribution in [-0.4, -0.2) is 25.6 Å². The van der Waals surface area contributed by atoms with Crippen molar-refractivity contribution in [1.29, 1.82) is 0 Å². The van der Waals surface area contributed by atoms with Crippen molar-refractivity contribution in [3.63, 3.8) is 0 Å². The Balaban J connectivity index is 1.66. The maximum absolute atomic E-state index is 5.79. The first-order valence-electron chi connectivity index (χ1n) is 8.01. The quantitative estimate of drug-likeness (QED) is 0.761. The Morgan fingerprint density at radius 3 is 2.81 bits per heavy atom. The predicted molar refractivity (Wildman–Crippen MR) is 83.3 cm³/mol. The minimum Gasteiger partial charge on any atom is -0.494 e. The second-order valence-corrected chi connectivity index (χ2v) is 5.77. The summed E-state index contributed by atoms with van der Waals surface area (Å²) in [5, 5.41) is 0. The van der Waals surface area contributed by atoms with Crippen molar-refractivity contribution in [1.82, 2.24) is 0 Å². The average Bonchev–Trinajstić information content (AvgIpc) is 2.97. The van der Waals surface area contributed by atoms with Crippen LogP contribution in [0.3, 0.4) is 0 Å². The number of benzene rings is 1. The minimum absolute atomic E-state index is 0.335. The number of hydrogen-bond acceptors (Lipinski definition) is 3. The molecule has 0 saturated carbocycles. The molecule has 0 bridgehead atoms. The number of rotatable bonds is 5. The largest absolute Gasteiger partial charge is 0.494 e. The molecule has 0 atom stereocenters. The van der Waals surface area contributed by atoms with Gasteiger partial charge in [0, 0.05) is 12.8 Å². The van der Waals surface area contributed by atoms with Crippen LogP contribution in [0.2, 0.25) is 0 Å². The second-order valence-electron chi connectivity index (χ2n) is 5.77. The molecule has 1 heterocycles. The molecular weight excluding hydrogens is 264 g/mol. The van der Waals surface area contributed by atoms with Gasteiger partial charge in [0.1, 0.15) is 5.75 Å². The Morgan fingerprint density at radius 1 is 1.24 bits per heavy atom. The van der Waals surface area contributed by atoms with E-state index in [2.05, 4.69) is 31.2 Å². The highest BCUT2D eigenvalue weighted by Crippen LogP contribution is 2.38. The molecule has 0 unspecified atom stereocenters. The van der Waals surface area contributed by atoms with E-state index < -0.39 is 0 Å². The zero-order valence-electron chi connectivity index (χ0n) is 12.8. The molecule has 1 aliphatic carbocycles. The summed E-state index contributed by atoms with van der Waals surface area (Å²) < 4.78 is 17.3. The Morgan fingerprint density at radius 2 is 2.10 bits per heavy atom. The van der Waals surface area contributed by atoms with Gasteiger partial charge in [0.25, 0.3) is 0 Å². The first kappa shape index (κ1) is 14.6. The molecule has 1 spiro atoms. The van der Waals surface area contributed by atoms with E-state index in [9.17, 15) is 0 Å². The normalized spacial score (nSPS) is 20.5. The van der Waals surface area contributed by atoms with Crippen molar-refractivity contribution in [2.24, 2.45) is 0 Å². The molecule has 1 fully saturated rings. The molecule has 1 aromatic carbocycles. The van der Waals surface area contributed by atoms with E-state index >= 15 is 0 Å². The van der Waals surface area contributed by atoms with Gasteiger partial charge in [-0.1, -0.05) is 31.6 Å². The standard InChI is InChI=1S/C18H24O3/c1-2-3-11-19-17-6-4-5-16(14-17)15-7-9-18(10-8-15)20-12-13-21-18/h4-7,14H,2-3,8-13H2,1H3. The van der Waals surface area contributed by atoms with Crippen LogP contribution < -0.4 is 4.74 Å². The maximum atomic E-state index is 5.79. The zero-order chi connectivity index (χ0) is 14.5. The third-order valence-corrected chi connectivity index (χ3v) is 4.22. The van der Waals surface area contributed by atoms with Gasteiger partial charge in [-0.2, -0.15) is 0 Å². The van der Waals surface area contributed by atoms with E-state index in [1.54, 1.807) is 0 Å². The topological polar surface area (TPSA) is 27.7 Å². The summed E-state index contributed by atoms with van der Waals surface area (Å²) in [5.74, 6) is 0.633. The minimum atomic E-state index is -0.335. The fourth-order valence-corrected chi connectivity index (χ4v) is 2.95. The van der Waals surface area contributed by atoms with Crippen molar-refractivity contribution in [3.05, 3.63) is 35.9 Å². The smallest absolute Gasteiger partial charge is 0.172 e. The lowest BCUT2D eigenvalue weighted by Crippen LogP contribution is -2.31. The molecule has 0 aromatic heterocycles. The number of hydrogen-bond donors (Lipinski definition) is 0. The third-order valence-electron chi connectivity index (χ3n) is 4.22. The summed E-state index contributed by atoms with van der Waals surface area (Å²) in [7, 11) is 0. The summed E-state index contributed by atoms with van der Waals surface area (Å²) in [4.78, 5) is 0. The molecule has 3 heteroatoms. The van der Waals surface area contributed by atoms with Crippen molar-refractivity contribution >= 4 is 5.57 Å². The van der Waals surface area contributed by atoms with Gasteiger partial charge in [-0.3, -0.25) is 0 Å². The van der Waals surface area contributed by atoms with Crippen LogP contribution in [0.4, 0.5) is 0 Å². The van der Waals surface area contributed by atoms with Crippen LogP contribution in [0, 0.1) is 0 Å². The van der Waals surface area contributed by atoms with E-state index in [1.807, 2.05) is 6.07 Å². The Kier molecular flexibility index (Phi) is 4.61. The SMILES string of the molecule is CCCCOc1cccc(C2=CCC3(CC2)OCCO3)c1. The van der Waals surface area contributed by atoms with Gasteiger partial charge in [-0.25, -0.2) is 0 Å². The summed E-state index contributed by atoms with van der Waals surface area (Å²) in [6.45, 7) is 4.42. The van der Waals surface area contributed by atoms with Crippen LogP contribution in [0.5, 0.6) is 5.75 Å². The van der Waals surface area contributed by atoms with E-state index in [0.717, 1.165) is 57.7 Å². The number of unbranched alkanes of at least 4 members (excludes halogenated alkanes) is 1. The maximum Gasteiger partial charge on any atom is 0.172 e.